The number of hydrazone groups is 1. The van der Waals surface area contributed by atoms with Crippen LogP contribution in [0.25, 0.3) is 0 Å². The Balaban J connectivity index is 1.36. The van der Waals surface area contributed by atoms with Crippen molar-refractivity contribution < 1.29 is 33.2 Å². The number of furan rings is 1. The zero-order chi connectivity index (χ0) is 28.5. The van der Waals surface area contributed by atoms with Crippen molar-refractivity contribution in [2.24, 2.45) is 5.10 Å². The Morgan fingerprint density at radius 3 is 2.33 bits per heavy atom. The summed E-state index contributed by atoms with van der Waals surface area (Å²) in [5, 5.41) is 17.4. The number of esters is 1. The molecule has 0 bridgehead atoms. The summed E-state index contributed by atoms with van der Waals surface area (Å²) in [4.78, 5) is 47.2. The minimum absolute atomic E-state index is 0.134. The number of amides is 2. The number of carbonyl (C=O) groups is 3. The van der Waals surface area contributed by atoms with Gasteiger partial charge in [-0.15, -0.1) is 0 Å². The van der Waals surface area contributed by atoms with E-state index in [1.807, 2.05) is 0 Å². The number of nitro groups is 1. The number of nitrogens with zero attached hydrogens (tertiary/aromatic N) is 2. The van der Waals surface area contributed by atoms with Gasteiger partial charge in [-0.2, -0.15) is 5.10 Å². The van der Waals surface area contributed by atoms with Crippen molar-refractivity contribution in [1.82, 2.24) is 5.43 Å². The molecule has 4 aromatic rings. The fourth-order valence-corrected chi connectivity index (χ4v) is 3.37. The fraction of sp³-hybridized carbons (Fsp3) is 0.0714. The van der Waals surface area contributed by atoms with Crippen LogP contribution in [-0.4, -0.2) is 35.5 Å². The van der Waals surface area contributed by atoms with Gasteiger partial charge in [0.1, 0.15) is 0 Å². The number of rotatable bonds is 10. The molecule has 4 rings (SSSR count). The van der Waals surface area contributed by atoms with Crippen molar-refractivity contribution in [2.45, 2.75) is 6.92 Å². The molecule has 202 valence electrons. The molecule has 2 N–H and O–H groups in total. The van der Waals surface area contributed by atoms with Crippen LogP contribution in [0.1, 0.15) is 43.8 Å². The van der Waals surface area contributed by atoms with E-state index in [4.69, 9.17) is 13.9 Å². The molecule has 0 radical (unpaired) electrons. The summed E-state index contributed by atoms with van der Waals surface area (Å²) in [6, 6.07) is 19.1. The fourth-order valence-electron chi connectivity index (χ4n) is 3.37. The summed E-state index contributed by atoms with van der Waals surface area (Å²) in [7, 11) is 0. The van der Waals surface area contributed by atoms with Gasteiger partial charge in [0.2, 0.25) is 0 Å². The second-order valence-corrected chi connectivity index (χ2v) is 8.04. The molecule has 0 aliphatic carbocycles. The van der Waals surface area contributed by atoms with Gasteiger partial charge in [0.05, 0.1) is 29.6 Å². The molecule has 0 aliphatic rings. The van der Waals surface area contributed by atoms with E-state index in [-0.39, 0.29) is 35.1 Å². The largest absolute Gasteiger partial charge is 0.490 e. The number of anilines is 1. The van der Waals surface area contributed by atoms with Crippen molar-refractivity contribution in [2.75, 3.05) is 11.9 Å². The van der Waals surface area contributed by atoms with Gasteiger partial charge in [0, 0.05) is 23.4 Å². The molecule has 2 amide bonds. The molecule has 12 nitrogen and oxygen atoms in total. The van der Waals surface area contributed by atoms with E-state index in [1.165, 1.54) is 61.0 Å². The van der Waals surface area contributed by atoms with E-state index in [0.717, 1.165) is 0 Å². The molecule has 1 heterocycles. The highest BCUT2D eigenvalue weighted by Gasteiger charge is 2.15. The molecule has 0 aliphatic heterocycles. The standard InChI is InChI=1S/C28H22N4O8/c1-2-38-25-16-18(5-14-23(25)40-28(35)20-8-12-22(13-9-20)32(36)37)17-29-31-26(33)19-6-10-21(11-7-19)30-27(34)24-4-3-15-39-24/h3-17H,2H2,1H3,(H,30,34)(H,31,33)/b29-17-. The van der Waals surface area contributed by atoms with Crippen LogP contribution in [0.2, 0.25) is 0 Å². The Hall–Kier alpha value is -5.78. The Bertz CT molecular complexity index is 1550. The van der Waals surface area contributed by atoms with E-state index in [1.54, 1.807) is 37.3 Å². The van der Waals surface area contributed by atoms with Crippen LogP contribution in [0, 0.1) is 10.1 Å². The monoisotopic (exact) mass is 542 g/mol. The lowest BCUT2D eigenvalue weighted by Gasteiger charge is -2.11. The van der Waals surface area contributed by atoms with Gasteiger partial charge in [0.15, 0.2) is 17.3 Å². The molecule has 0 saturated carbocycles. The third kappa shape index (κ3) is 6.95. The van der Waals surface area contributed by atoms with Gasteiger partial charge in [-0.1, -0.05) is 0 Å². The summed E-state index contributed by atoms with van der Waals surface area (Å²) in [5.41, 5.74) is 3.76. The lowest BCUT2D eigenvalue weighted by Crippen LogP contribution is -2.17. The summed E-state index contributed by atoms with van der Waals surface area (Å²) in [6.45, 7) is 2.05. The van der Waals surface area contributed by atoms with E-state index < -0.39 is 22.7 Å². The first-order chi connectivity index (χ1) is 19.3. The van der Waals surface area contributed by atoms with Crippen LogP contribution in [-0.2, 0) is 0 Å². The number of nitrogens with one attached hydrogen (secondary N) is 2. The minimum Gasteiger partial charge on any atom is -0.490 e. The number of benzene rings is 3. The Kier molecular flexibility index (Phi) is 8.62. The maximum atomic E-state index is 12.5. The topological polar surface area (TPSA) is 162 Å². The maximum Gasteiger partial charge on any atom is 0.343 e. The molecular weight excluding hydrogens is 520 g/mol. The molecule has 0 fully saturated rings. The lowest BCUT2D eigenvalue weighted by atomic mass is 10.2. The summed E-state index contributed by atoms with van der Waals surface area (Å²) < 4.78 is 16.0. The first-order valence-corrected chi connectivity index (χ1v) is 11.9. The Morgan fingerprint density at radius 2 is 1.68 bits per heavy atom. The number of ether oxygens (including phenoxy) is 2. The van der Waals surface area contributed by atoms with Gasteiger partial charge in [-0.3, -0.25) is 19.7 Å². The average molecular weight is 543 g/mol. The van der Waals surface area contributed by atoms with Gasteiger partial charge in [-0.05, 0) is 79.2 Å². The minimum atomic E-state index is -0.712. The van der Waals surface area contributed by atoms with Crippen molar-refractivity contribution in [1.29, 1.82) is 0 Å². The second-order valence-electron chi connectivity index (χ2n) is 8.04. The average Bonchev–Trinajstić information content (AvgIpc) is 3.50. The normalized spacial score (nSPS) is 10.6. The molecule has 40 heavy (non-hydrogen) atoms. The second kappa shape index (κ2) is 12.6. The van der Waals surface area contributed by atoms with Crippen LogP contribution in [0.3, 0.4) is 0 Å². The quantitative estimate of drug-likeness (QED) is 0.0947. The predicted molar refractivity (Wildman–Crippen MR) is 144 cm³/mol. The van der Waals surface area contributed by atoms with Gasteiger partial charge in [-0.25, -0.2) is 10.2 Å². The van der Waals surface area contributed by atoms with Crippen LogP contribution < -0.4 is 20.2 Å². The summed E-state index contributed by atoms with van der Waals surface area (Å²) >= 11 is 0. The highest BCUT2D eigenvalue weighted by molar-refractivity contribution is 6.02. The Morgan fingerprint density at radius 1 is 0.950 bits per heavy atom. The van der Waals surface area contributed by atoms with Crippen molar-refractivity contribution in [3.8, 4) is 11.5 Å². The van der Waals surface area contributed by atoms with Gasteiger partial charge in [0.25, 0.3) is 17.5 Å². The van der Waals surface area contributed by atoms with Crippen LogP contribution in [0.4, 0.5) is 11.4 Å². The van der Waals surface area contributed by atoms with E-state index in [0.29, 0.717) is 16.8 Å². The first kappa shape index (κ1) is 27.3. The maximum absolute atomic E-state index is 12.5. The lowest BCUT2D eigenvalue weighted by molar-refractivity contribution is -0.384. The summed E-state index contributed by atoms with van der Waals surface area (Å²) in [5.74, 6) is -1.02. The molecule has 1 aromatic heterocycles. The SMILES string of the molecule is CCOc1cc(/C=N\NC(=O)c2ccc(NC(=O)c3ccco3)cc2)ccc1OC(=O)c1ccc([N+](=O)[O-])cc1. The van der Waals surface area contributed by atoms with Crippen LogP contribution in [0.15, 0.2) is 94.6 Å². The summed E-state index contributed by atoms with van der Waals surface area (Å²) in [6.07, 6.45) is 2.79. The number of nitro benzene ring substituents is 1. The Labute approximate surface area is 227 Å². The zero-order valence-electron chi connectivity index (χ0n) is 21.0. The molecule has 0 spiro atoms. The third-order valence-electron chi connectivity index (χ3n) is 5.31. The molecule has 12 heteroatoms. The molecule has 0 atom stereocenters. The third-order valence-corrected chi connectivity index (χ3v) is 5.31. The van der Waals surface area contributed by atoms with Gasteiger partial charge >= 0.3 is 5.97 Å². The molecule has 0 saturated heterocycles. The highest BCUT2D eigenvalue weighted by Crippen LogP contribution is 2.29. The highest BCUT2D eigenvalue weighted by atomic mass is 16.6. The zero-order valence-corrected chi connectivity index (χ0v) is 21.0. The smallest absolute Gasteiger partial charge is 0.343 e. The van der Waals surface area contributed by atoms with Crippen molar-refractivity contribution >= 4 is 35.4 Å². The van der Waals surface area contributed by atoms with Gasteiger partial charge < -0.3 is 19.2 Å². The molecule has 3 aromatic carbocycles. The van der Waals surface area contributed by atoms with E-state index in [2.05, 4.69) is 15.8 Å². The number of hydrogen-bond acceptors (Lipinski definition) is 9. The number of carbonyl (C=O) groups excluding carboxylic acids is 3. The van der Waals surface area contributed by atoms with Crippen molar-refractivity contribution in [3.05, 3.63) is 118 Å². The van der Waals surface area contributed by atoms with Crippen LogP contribution >= 0.6 is 0 Å². The van der Waals surface area contributed by atoms with E-state index in [9.17, 15) is 24.5 Å². The van der Waals surface area contributed by atoms with E-state index >= 15 is 0 Å². The number of non-ortho nitro benzene ring substituents is 1. The van der Waals surface area contributed by atoms with Crippen LogP contribution in [0.5, 0.6) is 11.5 Å². The predicted octanol–water partition coefficient (Wildman–Crippen LogP) is 4.82. The molecule has 0 unspecified atom stereocenters. The first-order valence-electron chi connectivity index (χ1n) is 11.9. The number of hydrogen-bond donors (Lipinski definition) is 2. The molecular formula is C28H22N4O8. The van der Waals surface area contributed by atoms with Crippen molar-refractivity contribution in [3.63, 3.8) is 0 Å².